The highest BCUT2D eigenvalue weighted by Gasteiger charge is 2.20. The van der Waals surface area contributed by atoms with Gasteiger partial charge in [0.1, 0.15) is 0 Å². The molecule has 6 nitrogen and oxygen atoms in total. The fraction of sp³-hybridized carbons (Fsp3) is 0.474. The monoisotopic (exact) mass is 371 g/mol. The van der Waals surface area contributed by atoms with E-state index in [0.717, 1.165) is 35.3 Å². The Labute approximate surface area is 158 Å². The summed E-state index contributed by atoms with van der Waals surface area (Å²) in [5.41, 5.74) is 0.946. The summed E-state index contributed by atoms with van der Waals surface area (Å²) in [4.78, 5) is 16.3. The molecule has 0 aromatic carbocycles. The SMILES string of the molecule is C=CCn1c(SCC(=O)NC2CCC(C)CC2)nnc1-c1ccncc1. The van der Waals surface area contributed by atoms with E-state index in [1.165, 1.54) is 24.6 Å². The number of rotatable bonds is 7. The van der Waals surface area contributed by atoms with E-state index in [2.05, 4.69) is 34.0 Å². The maximum Gasteiger partial charge on any atom is 0.230 e. The molecule has 138 valence electrons. The van der Waals surface area contributed by atoms with Gasteiger partial charge in [-0.1, -0.05) is 24.8 Å². The topological polar surface area (TPSA) is 72.7 Å². The summed E-state index contributed by atoms with van der Waals surface area (Å²) in [5, 5.41) is 12.4. The number of carbonyl (C=O) groups excluding carboxylic acids is 1. The Bertz CT molecular complexity index is 738. The van der Waals surface area contributed by atoms with Gasteiger partial charge >= 0.3 is 0 Å². The molecule has 3 rings (SSSR count). The fourth-order valence-electron chi connectivity index (χ4n) is 3.21. The Balaban J connectivity index is 1.61. The van der Waals surface area contributed by atoms with E-state index >= 15 is 0 Å². The Morgan fingerprint density at radius 2 is 2.04 bits per heavy atom. The van der Waals surface area contributed by atoms with Crippen LogP contribution in [0, 0.1) is 5.92 Å². The first-order valence-electron chi connectivity index (χ1n) is 9.04. The van der Waals surface area contributed by atoms with E-state index in [-0.39, 0.29) is 5.91 Å². The Hall–Kier alpha value is -2.15. The molecule has 1 amide bonds. The van der Waals surface area contributed by atoms with Gasteiger partial charge in [-0.25, -0.2) is 0 Å². The lowest BCUT2D eigenvalue weighted by Gasteiger charge is -2.26. The van der Waals surface area contributed by atoms with Crippen LogP contribution < -0.4 is 5.32 Å². The molecule has 2 heterocycles. The van der Waals surface area contributed by atoms with Crippen LogP contribution in [0.25, 0.3) is 11.4 Å². The van der Waals surface area contributed by atoms with Crippen molar-refractivity contribution < 1.29 is 4.79 Å². The maximum atomic E-state index is 12.3. The number of allylic oxidation sites excluding steroid dienone is 1. The third-order valence-corrected chi connectivity index (χ3v) is 5.65. The zero-order valence-electron chi connectivity index (χ0n) is 15.1. The smallest absolute Gasteiger partial charge is 0.230 e. The minimum atomic E-state index is 0.0631. The lowest BCUT2D eigenvalue weighted by Crippen LogP contribution is -2.38. The number of hydrogen-bond donors (Lipinski definition) is 1. The highest BCUT2D eigenvalue weighted by molar-refractivity contribution is 7.99. The van der Waals surface area contributed by atoms with Crippen molar-refractivity contribution in [1.82, 2.24) is 25.1 Å². The molecule has 1 saturated carbocycles. The van der Waals surface area contributed by atoms with Crippen molar-refractivity contribution >= 4 is 17.7 Å². The van der Waals surface area contributed by atoms with Crippen molar-refractivity contribution in [2.75, 3.05) is 5.75 Å². The molecule has 0 aliphatic heterocycles. The molecular weight excluding hydrogens is 346 g/mol. The fourth-order valence-corrected chi connectivity index (χ4v) is 3.97. The van der Waals surface area contributed by atoms with Crippen molar-refractivity contribution in [3.8, 4) is 11.4 Å². The minimum Gasteiger partial charge on any atom is -0.353 e. The van der Waals surface area contributed by atoms with Crippen molar-refractivity contribution in [2.24, 2.45) is 5.92 Å². The molecule has 0 spiro atoms. The highest BCUT2D eigenvalue weighted by atomic mass is 32.2. The first-order valence-corrected chi connectivity index (χ1v) is 10.0. The molecular formula is C19H25N5OS. The third-order valence-electron chi connectivity index (χ3n) is 4.68. The van der Waals surface area contributed by atoms with E-state index in [4.69, 9.17) is 0 Å². The number of pyridine rings is 1. The Morgan fingerprint density at radius 1 is 1.31 bits per heavy atom. The first kappa shape index (κ1) is 18.6. The van der Waals surface area contributed by atoms with E-state index < -0.39 is 0 Å². The molecule has 1 fully saturated rings. The summed E-state index contributed by atoms with van der Waals surface area (Å²) in [7, 11) is 0. The lowest BCUT2D eigenvalue weighted by atomic mass is 9.87. The largest absolute Gasteiger partial charge is 0.353 e. The summed E-state index contributed by atoms with van der Waals surface area (Å²) in [6, 6.07) is 4.11. The van der Waals surface area contributed by atoms with Crippen LogP contribution >= 0.6 is 11.8 Å². The van der Waals surface area contributed by atoms with E-state index in [9.17, 15) is 4.79 Å². The zero-order chi connectivity index (χ0) is 18.4. The molecule has 2 aromatic heterocycles. The number of carbonyl (C=O) groups is 1. The van der Waals surface area contributed by atoms with Crippen LogP contribution in [-0.2, 0) is 11.3 Å². The summed E-state index contributed by atoms with van der Waals surface area (Å²) in [6.07, 6.45) is 9.82. The van der Waals surface area contributed by atoms with Gasteiger partial charge in [0.15, 0.2) is 11.0 Å². The number of thioether (sulfide) groups is 1. The molecule has 0 bridgehead atoms. The Morgan fingerprint density at radius 3 is 2.73 bits per heavy atom. The number of aromatic nitrogens is 4. The molecule has 1 N–H and O–H groups in total. The molecule has 1 aliphatic carbocycles. The van der Waals surface area contributed by atoms with Crippen LogP contribution in [0.2, 0.25) is 0 Å². The molecule has 7 heteroatoms. The van der Waals surface area contributed by atoms with E-state index in [0.29, 0.717) is 18.3 Å². The molecule has 0 saturated heterocycles. The predicted molar refractivity (Wildman–Crippen MR) is 104 cm³/mol. The molecule has 2 aromatic rings. The summed E-state index contributed by atoms with van der Waals surface area (Å²) < 4.78 is 1.97. The standard InChI is InChI=1S/C19H25N5OS/c1-3-12-24-18(15-8-10-20-11-9-15)22-23-19(24)26-13-17(25)21-16-6-4-14(2)5-7-16/h3,8-11,14,16H,1,4-7,12-13H2,2H3,(H,21,25). The van der Waals surface area contributed by atoms with Crippen LogP contribution in [0.1, 0.15) is 32.6 Å². The van der Waals surface area contributed by atoms with Crippen molar-refractivity contribution in [3.05, 3.63) is 37.2 Å². The maximum absolute atomic E-state index is 12.3. The molecule has 0 unspecified atom stereocenters. The van der Waals surface area contributed by atoms with Gasteiger partial charge in [0, 0.05) is 30.5 Å². The average molecular weight is 372 g/mol. The van der Waals surface area contributed by atoms with E-state index in [1.807, 2.05) is 16.7 Å². The second kappa shape index (κ2) is 8.98. The zero-order valence-corrected chi connectivity index (χ0v) is 15.9. The molecule has 0 radical (unpaired) electrons. The van der Waals surface area contributed by atoms with Gasteiger partial charge in [-0.3, -0.25) is 14.3 Å². The predicted octanol–water partition coefficient (Wildman–Crippen LogP) is 3.31. The van der Waals surface area contributed by atoms with Gasteiger partial charge in [-0.15, -0.1) is 16.8 Å². The van der Waals surface area contributed by atoms with Crippen LogP contribution in [0.4, 0.5) is 0 Å². The lowest BCUT2D eigenvalue weighted by molar-refractivity contribution is -0.119. The second-order valence-electron chi connectivity index (χ2n) is 6.75. The highest BCUT2D eigenvalue weighted by Crippen LogP contribution is 2.25. The quantitative estimate of drug-likeness (QED) is 0.597. The minimum absolute atomic E-state index is 0.0631. The van der Waals surface area contributed by atoms with Crippen molar-refractivity contribution in [1.29, 1.82) is 0 Å². The number of amides is 1. The van der Waals surface area contributed by atoms with Gasteiger partial charge in [0.25, 0.3) is 0 Å². The number of hydrogen-bond acceptors (Lipinski definition) is 5. The van der Waals surface area contributed by atoms with Crippen LogP contribution in [0.3, 0.4) is 0 Å². The average Bonchev–Trinajstić information content (AvgIpc) is 3.06. The normalized spacial score (nSPS) is 19.9. The Kier molecular flexibility index (Phi) is 6.44. The summed E-state index contributed by atoms with van der Waals surface area (Å²) in [6.45, 7) is 6.68. The van der Waals surface area contributed by atoms with Gasteiger partial charge in [-0.2, -0.15) is 0 Å². The third kappa shape index (κ3) is 4.72. The first-order chi connectivity index (χ1) is 12.7. The van der Waals surface area contributed by atoms with Gasteiger partial charge in [0.2, 0.25) is 5.91 Å². The second-order valence-corrected chi connectivity index (χ2v) is 7.70. The van der Waals surface area contributed by atoms with Crippen molar-refractivity contribution in [2.45, 2.75) is 50.4 Å². The molecule has 0 atom stereocenters. The molecule has 1 aliphatic rings. The van der Waals surface area contributed by atoms with Crippen molar-refractivity contribution in [3.63, 3.8) is 0 Å². The van der Waals surface area contributed by atoms with Gasteiger partial charge in [0.05, 0.1) is 5.75 Å². The summed E-state index contributed by atoms with van der Waals surface area (Å²) in [5.74, 6) is 1.95. The van der Waals surface area contributed by atoms with Crippen LogP contribution in [-0.4, -0.2) is 37.5 Å². The van der Waals surface area contributed by atoms with Crippen LogP contribution in [0.5, 0.6) is 0 Å². The molecule has 26 heavy (non-hydrogen) atoms. The van der Waals surface area contributed by atoms with E-state index in [1.54, 1.807) is 18.5 Å². The number of nitrogens with zero attached hydrogens (tertiary/aromatic N) is 4. The van der Waals surface area contributed by atoms with Gasteiger partial charge in [-0.05, 0) is 43.7 Å². The number of nitrogens with one attached hydrogen (secondary N) is 1. The summed E-state index contributed by atoms with van der Waals surface area (Å²) >= 11 is 1.41. The van der Waals surface area contributed by atoms with Crippen LogP contribution in [0.15, 0.2) is 42.3 Å². The van der Waals surface area contributed by atoms with Gasteiger partial charge < -0.3 is 5.32 Å².